The fourth-order valence-electron chi connectivity index (χ4n) is 1.63. The summed E-state index contributed by atoms with van der Waals surface area (Å²) < 4.78 is 0. The highest BCUT2D eigenvalue weighted by Crippen LogP contribution is 2.27. The molecule has 1 aliphatic carbocycles. The van der Waals surface area contributed by atoms with Crippen LogP contribution in [0.3, 0.4) is 0 Å². The van der Waals surface area contributed by atoms with Gasteiger partial charge in [0.05, 0.1) is 0 Å². The first kappa shape index (κ1) is 8.48. The van der Waals surface area contributed by atoms with Crippen molar-refractivity contribution >= 4 is 5.95 Å². The third kappa shape index (κ3) is 1.97. The first-order valence-corrected chi connectivity index (χ1v) is 4.84. The third-order valence-electron chi connectivity index (χ3n) is 2.65. The van der Waals surface area contributed by atoms with Crippen molar-refractivity contribution in [3.8, 4) is 0 Å². The minimum Gasteiger partial charge on any atom is -0.344 e. The van der Waals surface area contributed by atoms with Crippen LogP contribution >= 0.6 is 0 Å². The topological polar surface area (TPSA) is 29.0 Å². The number of anilines is 1. The van der Waals surface area contributed by atoms with Gasteiger partial charge in [-0.2, -0.15) is 0 Å². The van der Waals surface area contributed by atoms with Crippen molar-refractivity contribution in [1.82, 2.24) is 9.97 Å². The first-order chi connectivity index (χ1) is 6.36. The summed E-state index contributed by atoms with van der Waals surface area (Å²) in [4.78, 5) is 10.6. The molecule has 0 atom stereocenters. The minimum atomic E-state index is 0.842. The van der Waals surface area contributed by atoms with Crippen molar-refractivity contribution in [3.63, 3.8) is 0 Å². The summed E-state index contributed by atoms with van der Waals surface area (Å²) in [6.07, 6.45) is 7.72. The molecule has 0 amide bonds. The van der Waals surface area contributed by atoms with Crippen molar-refractivity contribution in [2.24, 2.45) is 5.92 Å². The van der Waals surface area contributed by atoms with E-state index in [2.05, 4.69) is 21.9 Å². The summed E-state index contributed by atoms with van der Waals surface area (Å²) in [7, 11) is 2.06. The maximum absolute atomic E-state index is 4.20. The molecule has 70 valence electrons. The third-order valence-corrected chi connectivity index (χ3v) is 2.65. The van der Waals surface area contributed by atoms with Gasteiger partial charge in [-0.1, -0.05) is 6.42 Å². The molecule has 0 N–H and O–H groups in total. The van der Waals surface area contributed by atoms with Crippen LogP contribution in [0, 0.1) is 5.92 Å². The molecule has 0 bridgehead atoms. The summed E-state index contributed by atoms with van der Waals surface area (Å²) in [5.74, 6) is 1.71. The summed E-state index contributed by atoms with van der Waals surface area (Å²) >= 11 is 0. The molecule has 2 rings (SSSR count). The molecule has 1 saturated carbocycles. The predicted molar refractivity (Wildman–Crippen MR) is 52.6 cm³/mol. The maximum atomic E-state index is 4.20. The summed E-state index contributed by atoms with van der Waals surface area (Å²) in [5.41, 5.74) is 0. The molecule has 0 aliphatic heterocycles. The van der Waals surface area contributed by atoms with Gasteiger partial charge >= 0.3 is 0 Å². The van der Waals surface area contributed by atoms with Crippen LogP contribution in [0.25, 0.3) is 0 Å². The largest absolute Gasteiger partial charge is 0.344 e. The molecular weight excluding hydrogens is 162 g/mol. The number of hydrogen-bond donors (Lipinski definition) is 0. The van der Waals surface area contributed by atoms with E-state index in [9.17, 15) is 0 Å². The van der Waals surface area contributed by atoms with E-state index in [-0.39, 0.29) is 0 Å². The Bertz CT molecular complexity index is 256. The summed E-state index contributed by atoms with van der Waals surface area (Å²) in [6, 6.07) is 1.85. The number of aromatic nitrogens is 2. The second-order valence-electron chi connectivity index (χ2n) is 3.73. The zero-order chi connectivity index (χ0) is 9.10. The molecule has 1 aliphatic rings. The highest BCUT2D eigenvalue weighted by atomic mass is 15.2. The molecule has 1 heterocycles. The van der Waals surface area contributed by atoms with Crippen LogP contribution < -0.4 is 4.90 Å². The number of hydrogen-bond acceptors (Lipinski definition) is 3. The van der Waals surface area contributed by atoms with Crippen molar-refractivity contribution in [2.45, 2.75) is 19.3 Å². The van der Waals surface area contributed by atoms with Gasteiger partial charge in [-0.05, 0) is 24.8 Å². The molecule has 3 heteroatoms. The fraction of sp³-hybridized carbons (Fsp3) is 0.600. The van der Waals surface area contributed by atoms with E-state index in [1.165, 1.54) is 19.3 Å². The van der Waals surface area contributed by atoms with Crippen LogP contribution in [0.1, 0.15) is 19.3 Å². The van der Waals surface area contributed by atoms with E-state index in [1.807, 2.05) is 6.07 Å². The average molecular weight is 177 g/mol. The Morgan fingerprint density at radius 2 is 2.08 bits per heavy atom. The standard InChI is InChI=1S/C10H15N3/c1-13(8-9-4-2-5-9)10-11-6-3-7-12-10/h3,6-7,9H,2,4-5,8H2,1H3. The zero-order valence-electron chi connectivity index (χ0n) is 7.98. The predicted octanol–water partition coefficient (Wildman–Crippen LogP) is 1.71. The molecular formula is C10H15N3. The van der Waals surface area contributed by atoms with Gasteiger partial charge in [0, 0.05) is 26.0 Å². The van der Waals surface area contributed by atoms with Gasteiger partial charge in [0.2, 0.25) is 5.95 Å². The molecule has 0 unspecified atom stereocenters. The van der Waals surface area contributed by atoms with Gasteiger partial charge in [0.25, 0.3) is 0 Å². The Balaban J connectivity index is 1.92. The van der Waals surface area contributed by atoms with Crippen LogP contribution in [0.5, 0.6) is 0 Å². The van der Waals surface area contributed by atoms with Crippen LogP contribution in [0.4, 0.5) is 5.95 Å². The van der Waals surface area contributed by atoms with Crippen LogP contribution in [0.15, 0.2) is 18.5 Å². The number of rotatable bonds is 3. The van der Waals surface area contributed by atoms with Gasteiger partial charge < -0.3 is 4.90 Å². The summed E-state index contributed by atoms with van der Waals surface area (Å²) in [5, 5.41) is 0. The highest BCUT2D eigenvalue weighted by molar-refractivity contribution is 5.26. The lowest BCUT2D eigenvalue weighted by Crippen LogP contribution is -2.30. The molecule has 1 fully saturated rings. The lowest BCUT2D eigenvalue weighted by molar-refractivity contribution is 0.320. The van der Waals surface area contributed by atoms with E-state index in [0.29, 0.717) is 0 Å². The molecule has 1 aromatic heterocycles. The lowest BCUT2D eigenvalue weighted by atomic mass is 9.85. The normalized spacial score (nSPS) is 16.7. The molecule has 0 saturated heterocycles. The average Bonchev–Trinajstić information content (AvgIpc) is 2.12. The van der Waals surface area contributed by atoms with Gasteiger partial charge in [-0.15, -0.1) is 0 Å². The van der Waals surface area contributed by atoms with Gasteiger partial charge in [-0.3, -0.25) is 0 Å². The monoisotopic (exact) mass is 177 g/mol. The quantitative estimate of drug-likeness (QED) is 0.703. The van der Waals surface area contributed by atoms with E-state index in [1.54, 1.807) is 12.4 Å². The minimum absolute atomic E-state index is 0.842. The lowest BCUT2D eigenvalue weighted by Gasteiger charge is -2.29. The smallest absolute Gasteiger partial charge is 0.224 e. The Labute approximate surface area is 78.8 Å². The molecule has 0 radical (unpaired) electrons. The first-order valence-electron chi connectivity index (χ1n) is 4.84. The van der Waals surface area contributed by atoms with Crippen molar-refractivity contribution in [2.75, 3.05) is 18.5 Å². The SMILES string of the molecule is CN(CC1CCC1)c1ncccn1. The fourth-order valence-corrected chi connectivity index (χ4v) is 1.63. The Kier molecular flexibility index (Phi) is 2.43. The van der Waals surface area contributed by atoms with Crippen LogP contribution in [-0.4, -0.2) is 23.6 Å². The number of nitrogens with zero attached hydrogens (tertiary/aromatic N) is 3. The van der Waals surface area contributed by atoms with Crippen LogP contribution in [0.2, 0.25) is 0 Å². The Morgan fingerprint density at radius 1 is 1.38 bits per heavy atom. The molecule has 0 aromatic carbocycles. The Morgan fingerprint density at radius 3 is 2.62 bits per heavy atom. The maximum Gasteiger partial charge on any atom is 0.224 e. The van der Waals surface area contributed by atoms with Gasteiger partial charge in [0.1, 0.15) is 0 Å². The zero-order valence-corrected chi connectivity index (χ0v) is 7.98. The Hall–Kier alpha value is -1.12. The molecule has 1 aromatic rings. The van der Waals surface area contributed by atoms with E-state index in [0.717, 1.165) is 18.4 Å². The molecule has 13 heavy (non-hydrogen) atoms. The van der Waals surface area contributed by atoms with E-state index >= 15 is 0 Å². The van der Waals surface area contributed by atoms with Crippen molar-refractivity contribution < 1.29 is 0 Å². The van der Waals surface area contributed by atoms with Crippen molar-refractivity contribution in [3.05, 3.63) is 18.5 Å². The molecule has 3 nitrogen and oxygen atoms in total. The van der Waals surface area contributed by atoms with Crippen LogP contribution in [-0.2, 0) is 0 Å². The van der Waals surface area contributed by atoms with Gasteiger partial charge in [0.15, 0.2) is 0 Å². The van der Waals surface area contributed by atoms with E-state index in [4.69, 9.17) is 0 Å². The highest BCUT2D eigenvalue weighted by Gasteiger charge is 2.19. The molecule has 0 spiro atoms. The summed E-state index contributed by atoms with van der Waals surface area (Å²) in [6.45, 7) is 1.10. The second kappa shape index (κ2) is 3.73. The van der Waals surface area contributed by atoms with Crippen molar-refractivity contribution in [1.29, 1.82) is 0 Å². The van der Waals surface area contributed by atoms with E-state index < -0.39 is 0 Å². The second-order valence-corrected chi connectivity index (χ2v) is 3.73. The van der Waals surface area contributed by atoms with Gasteiger partial charge in [-0.25, -0.2) is 9.97 Å².